The molecule has 33 heavy (non-hydrogen) atoms. The Bertz CT molecular complexity index is 785. The maximum Gasteiger partial charge on any atom is 0.157 e. The second-order valence-corrected chi connectivity index (χ2v) is 11.9. The van der Waals surface area contributed by atoms with Gasteiger partial charge in [-0.1, -0.05) is 92.1 Å². The monoisotopic (exact) mass is 468 g/mol. The first-order valence-corrected chi connectivity index (χ1v) is 14.8. The van der Waals surface area contributed by atoms with Crippen LogP contribution in [0.25, 0.3) is 0 Å². The predicted molar refractivity (Wildman–Crippen MR) is 140 cm³/mol. The van der Waals surface area contributed by atoms with Crippen molar-refractivity contribution in [1.29, 1.82) is 0 Å². The SMILES string of the molecule is O=P(CCCC=CCCCCCCCOC1CCCCO1)(c1ccccc1)c1ccccc1. The van der Waals surface area contributed by atoms with Crippen LogP contribution in [0.4, 0.5) is 0 Å². The molecule has 1 atom stereocenters. The van der Waals surface area contributed by atoms with Crippen molar-refractivity contribution in [2.75, 3.05) is 19.4 Å². The maximum atomic E-state index is 13.9. The molecule has 3 nitrogen and oxygen atoms in total. The molecule has 0 spiro atoms. The Morgan fingerprint density at radius 3 is 2.03 bits per heavy atom. The summed E-state index contributed by atoms with van der Waals surface area (Å²) in [4.78, 5) is 0. The lowest BCUT2D eigenvalue weighted by Crippen LogP contribution is -2.22. The predicted octanol–water partition coefficient (Wildman–Crippen LogP) is 7.22. The summed E-state index contributed by atoms with van der Waals surface area (Å²) in [7, 11) is -2.57. The number of rotatable bonds is 15. The first kappa shape index (κ1) is 25.9. The number of ether oxygens (including phenoxy) is 2. The van der Waals surface area contributed by atoms with Crippen molar-refractivity contribution in [2.45, 2.75) is 76.9 Å². The fraction of sp³-hybridized carbons (Fsp3) is 0.517. The van der Waals surface area contributed by atoms with Gasteiger partial charge in [0.25, 0.3) is 0 Å². The standard InChI is InChI=1S/C29H41O3P/c30-33(27-19-11-9-12-20-27,28-21-13-10-14-22-28)26-18-8-6-4-2-1-3-5-7-16-24-31-29-23-15-17-25-32-29/h4,6,9-14,19-22,29H,1-3,5,7-8,15-18,23-26H2. The van der Waals surface area contributed by atoms with Crippen LogP contribution in [0.5, 0.6) is 0 Å². The molecular formula is C29H41O3P. The van der Waals surface area contributed by atoms with Crippen LogP contribution in [-0.4, -0.2) is 25.7 Å². The summed E-state index contributed by atoms with van der Waals surface area (Å²) in [6, 6.07) is 20.0. The third-order valence-electron chi connectivity index (χ3n) is 6.31. The summed E-state index contributed by atoms with van der Waals surface area (Å²) in [5.41, 5.74) is 0. The van der Waals surface area contributed by atoms with E-state index in [0.717, 1.165) is 62.1 Å². The Morgan fingerprint density at radius 2 is 1.39 bits per heavy atom. The summed E-state index contributed by atoms with van der Waals surface area (Å²) in [6.07, 6.45) is 18.1. The summed E-state index contributed by atoms with van der Waals surface area (Å²) >= 11 is 0. The van der Waals surface area contributed by atoms with Gasteiger partial charge in [0, 0.05) is 30.0 Å². The molecule has 0 bridgehead atoms. The molecule has 4 heteroatoms. The molecular weight excluding hydrogens is 427 g/mol. The summed E-state index contributed by atoms with van der Waals surface area (Å²) in [5, 5.41) is 1.94. The number of hydrogen-bond donors (Lipinski definition) is 0. The highest BCUT2D eigenvalue weighted by Crippen LogP contribution is 2.44. The molecule has 2 aromatic carbocycles. The van der Waals surface area contributed by atoms with Crippen molar-refractivity contribution in [3.05, 3.63) is 72.8 Å². The zero-order valence-electron chi connectivity index (χ0n) is 20.1. The number of hydrogen-bond acceptors (Lipinski definition) is 3. The molecule has 1 heterocycles. The van der Waals surface area contributed by atoms with Gasteiger partial charge in [-0.2, -0.15) is 0 Å². The van der Waals surface area contributed by atoms with Crippen LogP contribution in [0.3, 0.4) is 0 Å². The van der Waals surface area contributed by atoms with Crippen molar-refractivity contribution >= 4 is 17.8 Å². The normalized spacial score (nSPS) is 16.9. The quantitative estimate of drug-likeness (QED) is 0.157. The van der Waals surface area contributed by atoms with E-state index in [2.05, 4.69) is 12.2 Å². The summed E-state index contributed by atoms with van der Waals surface area (Å²) in [5.74, 6) is 0. The minimum absolute atomic E-state index is 0.0539. The van der Waals surface area contributed by atoms with Crippen molar-refractivity contribution in [3.63, 3.8) is 0 Å². The summed E-state index contributed by atoms with van der Waals surface area (Å²) in [6.45, 7) is 1.69. The first-order chi connectivity index (χ1) is 16.3. The molecule has 1 saturated heterocycles. The molecule has 0 N–H and O–H groups in total. The smallest absolute Gasteiger partial charge is 0.157 e. The lowest BCUT2D eigenvalue weighted by Gasteiger charge is -2.22. The maximum absolute atomic E-state index is 13.9. The highest BCUT2D eigenvalue weighted by atomic mass is 31.2. The fourth-order valence-electron chi connectivity index (χ4n) is 4.36. The van der Waals surface area contributed by atoms with Gasteiger partial charge in [0.05, 0.1) is 0 Å². The zero-order valence-corrected chi connectivity index (χ0v) is 21.0. The van der Waals surface area contributed by atoms with Gasteiger partial charge in [-0.05, 0) is 51.4 Å². The highest BCUT2D eigenvalue weighted by molar-refractivity contribution is 7.78. The van der Waals surface area contributed by atoms with Gasteiger partial charge in [0.15, 0.2) is 6.29 Å². The van der Waals surface area contributed by atoms with Crippen LogP contribution in [0.1, 0.15) is 70.6 Å². The van der Waals surface area contributed by atoms with Crippen LogP contribution in [0.15, 0.2) is 72.8 Å². The molecule has 2 aromatic rings. The molecule has 1 aliphatic heterocycles. The Labute approximate surface area is 201 Å². The third kappa shape index (κ3) is 9.24. The lowest BCUT2D eigenvalue weighted by atomic mass is 10.1. The van der Waals surface area contributed by atoms with Crippen molar-refractivity contribution < 1.29 is 14.0 Å². The molecule has 180 valence electrons. The number of benzene rings is 2. The Balaban J connectivity index is 1.26. The van der Waals surface area contributed by atoms with E-state index >= 15 is 0 Å². The van der Waals surface area contributed by atoms with Gasteiger partial charge in [-0.25, -0.2) is 0 Å². The first-order valence-electron chi connectivity index (χ1n) is 12.9. The topological polar surface area (TPSA) is 35.5 Å². The molecule has 0 aliphatic carbocycles. The van der Waals surface area contributed by atoms with Gasteiger partial charge in [0.1, 0.15) is 7.14 Å². The van der Waals surface area contributed by atoms with Gasteiger partial charge >= 0.3 is 0 Å². The van der Waals surface area contributed by atoms with Crippen LogP contribution in [0, 0.1) is 0 Å². The van der Waals surface area contributed by atoms with Gasteiger partial charge in [0.2, 0.25) is 0 Å². The Morgan fingerprint density at radius 1 is 0.788 bits per heavy atom. The molecule has 0 aromatic heterocycles. The molecule has 1 unspecified atom stereocenters. The summed E-state index contributed by atoms with van der Waals surface area (Å²) < 4.78 is 25.3. The zero-order chi connectivity index (χ0) is 23.0. The molecule has 1 fully saturated rings. The Hall–Kier alpha value is -1.67. The van der Waals surface area contributed by atoms with Crippen molar-refractivity contribution in [1.82, 2.24) is 0 Å². The molecule has 0 radical (unpaired) electrons. The van der Waals surface area contributed by atoms with Gasteiger partial charge in [-0.3, -0.25) is 0 Å². The highest BCUT2D eigenvalue weighted by Gasteiger charge is 2.26. The van der Waals surface area contributed by atoms with Gasteiger partial charge in [-0.15, -0.1) is 0 Å². The van der Waals surface area contributed by atoms with E-state index in [1.165, 1.54) is 38.5 Å². The molecule has 3 rings (SSSR count). The Kier molecular flexibility index (Phi) is 12.0. The fourth-order valence-corrected chi connectivity index (χ4v) is 7.11. The van der Waals surface area contributed by atoms with Crippen molar-refractivity contribution in [2.24, 2.45) is 0 Å². The second-order valence-electron chi connectivity index (χ2n) is 8.97. The van der Waals surface area contributed by atoms with Crippen LogP contribution >= 0.6 is 7.14 Å². The molecule has 0 saturated carbocycles. The van der Waals surface area contributed by atoms with E-state index in [9.17, 15) is 4.57 Å². The van der Waals surface area contributed by atoms with Crippen LogP contribution in [-0.2, 0) is 14.0 Å². The second kappa shape index (κ2) is 15.3. The number of unbranched alkanes of at least 4 members (excludes halogenated alkanes) is 6. The van der Waals surface area contributed by atoms with E-state index in [1.54, 1.807) is 0 Å². The van der Waals surface area contributed by atoms with Crippen molar-refractivity contribution in [3.8, 4) is 0 Å². The van der Waals surface area contributed by atoms with E-state index in [1.807, 2.05) is 60.7 Å². The molecule has 1 aliphatic rings. The van der Waals surface area contributed by atoms with E-state index in [4.69, 9.17) is 9.47 Å². The average molecular weight is 469 g/mol. The average Bonchev–Trinajstić information content (AvgIpc) is 2.88. The van der Waals surface area contributed by atoms with E-state index in [-0.39, 0.29) is 6.29 Å². The minimum Gasteiger partial charge on any atom is -0.353 e. The third-order valence-corrected chi connectivity index (χ3v) is 9.52. The molecule has 0 amide bonds. The van der Waals surface area contributed by atoms with E-state index in [0.29, 0.717) is 0 Å². The number of allylic oxidation sites excluding steroid dienone is 2. The van der Waals surface area contributed by atoms with Crippen LogP contribution < -0.4 is 10.6 Å². The minimum atomic E-state index is -2.57. The largest absolute Gasteiger partial charge is 0.353 e. The lowest BCUT2D eigenvalue weighted by molar-refractivity contribution is -0.162. The van der Waals surface area contributed by atoms with E-state index < -0.39 is 7.14 Å². The van der Waals surface area contributed by atoms with Gasteiger partial charge < -0.3 is 14.0 Å². The van der Waals surface area contributed by atoms with Crippen LogP contribution in [0.2, 0.25) is 0 Å².